The molecule has 5 heteroatoms. The Morgan fingerprint density at radius 2 is 2.25 bits per heavy atom. The van der Waals surface area contributed by atoms with Crippen LogP contribution in [-0.4, -0.2) is 29.2 Å². The second-order valence-corrected chi connectivity index (χ2v) is 3.88. The molecule has 1 aromatic rings. The summed E-state index contributed by atoms with van der Waals surface area (Å²) in [6, 6.07) is 0. The predicted octanol–water partition coefficient (Wildman–Crippen LogP) is 1.68. The van der Waals surface area contributed by atoms with Crippen molar-refractivity contribution < 1.29 is 4.74 Å². The van der Waals surface area contributed by atoms with Crippen molar-refractivity contribution in [1.82, 2.24) is 9.97 Å². The van der Waals surface area contributed by atoms with Gasteiger partial charge in [-0.05, 0) is 26.7 Å². The third-order valence-electron chi connectivity index (χ3n) is 2.06. The minimum atomic E-state index is 0.311. The first-order valence-electron chi connectivity index (χ1n) is 5.61. The van der Waals surface area contributed by atoms with E-state index in [-0.39, 0.29) is 0 Å². The van der Waals surface area contributed by atoms with Gasteiger partial charge in [0.25, 0.3) is 0 Å². The van der Waals surface area contributed by atoms with Gasteiger partial charge in [0.15, 0.2) is 5.82 Å². The Morgan fingerprint density at radius 3 is 2.94 bits per heavy atom. The van der Waals surface area contributed by atoms with Gasteiger partial charge in [0.05, 0.1) is 18.0 Å². The summed E-state index contributed by atoms with van der Waals surface area (Å²) in [6.07, 6.45) is 5.47. The molecule has 0 aromatic carbocycles. The van der Waals surface area contributed by atoms with Crippen molar-refractivity contribution >= 4 is 11.5 Å². The molecule has 90 valence electrons. The molecule has 0 radical (unpaired) electrons. The lowest BCUT2D eigenvalue weighted by atomic mass is 10.3. The first-order valence-corrected chi connectivity index (χ1v) is 5.61. The Labute approximate surface area is 96.4 Å². The molecule has 0 spiro atoms. The lowest BCUT2D eigenvalue weighted by molar-refractivity contribution is 0.0765. The maximum absolute atomic E-state index is 5.69. The van der Waals surface area contributed by atoms with Gasteiger partial charge in [-0.3, -0.25) is 0 Å². The number of ether oxygens (including phenoxy) is 1. The molecule has 0 unspecified atom stereocenters. The van der Waals surface area contributed by atoms with Crippen LogP contribution in [0, 0.1) is 0 Å². The van der Waals surface area contributed by atoms with Crippen molar-refractivity contribution in [2.24, 2.45) is 0 Å². The molecule has 1 heterocycles. The van der Waals surface area contributed by atoms with E-state index in [1.807, 2.05) is 13.8 Å². The number of anilines is 2. The average molecular weight is 224 g/mol. The fraction of sp³-hybridized carbons (Fsp3) is 0.636. The maximum Gasteiger partial charge on any atom is 0.152 e. The topological polar surface area (TPSA) is 73.1 Å². The lowest BCUT2D eigenvalue weighted by Gasteiger charge is -2.08. The number of unbranched alkanes of at least 4 members (excludes halogenated alkanes) is 1. The molecule has 5 nitrogen and oxygen atoms in total. The zero-order valence-corrected chi connectivity index (χ0v) is 9.94. The van der Waals surface area contributed by atoms with E-state index >= 15 is 0 Å². The molecule has 0 saturated carbocycles. The highest BCUT2D eigenvalue weighted by Crippen LogP contribution is 2.11. The number of nitrogens with one attached hydrogen (secondary N) is 1. The number of nitrogens with zero attached hydrogens (tertiary/aromatic N) is 2. The monoisotopic (exact) mass is 224 g/mol. The average Bonchev–Trinajstić information content (AvgIpc) is 2.25. The van der Waals surface area contributed by atoms with Gasteiger partial charge in [-0.15, -0.1) is 0 Å². The Hall–Kier alpha value is -1.36. The number of nitrogens with two attached hydrogens (primary N) is 1. The highest BCUT2D eigenvalue weighted by Gasteiger charge is 1.98. The summed E-state index contributed by atoms with van der Waals surface area (Å²) in [5.74, 6) is 0.708. The van der Waals surface area contributed by atoms with E-state index in [1.165, 1.54) is 6.33 Å². The smallest absolute Gasteiger partial charge is 0.152 e. The summed E-state index contributed by atoms with van der Waals surface area (Å²) >= 11 is 0. The SMILES string of the molecule is CC(C)OCCCCNc1ncncc1N. The van der Waals surface area contributed by atoms with Crippen molar-refractivity contribution in [1.29, 1.82) is 0 Å². The van der Waals surface area contributed by atoms with Gasteiger partial charge in [-0.25, -0.2) is 9.97 Å². The molecule has 0 atom stereocenters. The lowest BCUT2D eigenvalue weighted by Crippen LogP contribution is -2.09. The molecule has 0 amide bonds. The molecule has 3 N–H and O–H groups in total. The maximum atomic E-state index is 5.69. The summed E-state index contributed by atoms with van der Waals surface area (Å²) < 4.78 is 5.44. The summed E-state index contributed by atoms with van der Waals surface area (Å²) in [6.45, 7) is 5.74. The zero-order valence-electron chi connectivity index (χ0n) is 9.94. The van der Waals surface area contributed by atoms with Crippen LogP contribution in [0.4, 0.5) is 11.5 Å². The second-order valence-electron chi connectivity index (χ2n) is 3.88. The number of hydrogen-bond donors (Lipinski definition) is 2. The molecule has 0 aliphatic heterocycles. The van der Waals surface area contributed by atoms with Gasteiger partial charge < -0.3 is 15.8 Å². The summed E-state index contributed by atoms with van der Waals surface area (Å²) in [5, 5.41) is 3.17. The third-order valence-corrected chi connectivity index (χ3v) is 2.06. The van der Waals surface area contributed by atoms with Gasteiger partial charge in [-0.1, -0.05) is 0 Å². The van der Waals surface area contributed by atoms with Gasteiger partial charge in [0.2, 0.25) is 0 Å². The van der Waals surface area contributed by atoms with E-state index in [1.54, 1.807) is 6.20 Å². The molecule has 0 bridgehead atoms. The number of nitrogen functional groups attached to an aromatic ring is 1. The first-order chi connectivity index (χ1) is 7.70. The summed E-state index contributed by atoms with van der Waals surface area (Å²) in [4.78, 5) is 7.87. The van der Waals surface area contributed by atoms with E-state index in [0.717, 1.165) is 26.0 Å². The van der Waals surface area contributed by atoms with Gasteiger partial charge >= 0.3 is 0 Å². The van der Waals surface area contributed by atoms with Crippen LogP contribution in [0.15, 0.2) is 12.5 Å². The van der Waals surface area contributed by atoms with E-state index in [4.69, 9.17) is 10.5 Å². The van der Waals surface area contributed by atoms with Crippen molar-refractivity contribution in [3.05, 3.63) is 12.5 Å². The van der Waals surface area contributed by atoms with Crippen LogP contribution in [0.5, 0.6) is 0 Å². The van der Waals surface area contributed by atoms with E-state index in [9.17, 15) is 0 Å². The quantitative estimate of drug-likeness (QED) is 0.689. The molecular formula is C11H20N4O. The van der Waals surface area contributed by atoms with Gasteiger partial charge in [0, 0.05) is 13.2 Å². The van der Waals surface area contributed by atoms with Crippen molar-refractivity contribution in [2.45, 2.75) is 32.8 Å². The molecule has 16 heavy (non-hydrogen) atoms. The fourth-order valence-electron chi connectivity index (χ4n) is 1.24. The number of rotatable bonds is 7. The van der Waals surface area contributed by atoms with Crippen LogP contribution < -0.4 is 11.1 Å². The normalized spacial score (nSPS) is 10.7. The van der Waals surface area contributed by atoms with Gasteiger partial charge in [0.1, 0.15) is 6.33 Å². The first kappa shape index (κ1) is 12.7. The van der Waals surface area contributed by atoms with Crippen molar-refractivity contribution in [3.8, 4) is 0 Å². The summed E-state index contributed by atoms with van der Waals surface area (Å²) in [7, 11) is 0. The highest BCUT2D eigenvalue weighted by molar-refractivity contribution is 5.58. The van der Waals surface area contributed by atoms with E-state index in [2.05, 4.69) is 15.3 Å². The Bertz CT molecular complexity index is 304. The molecule has 0 aliphatic rings. The molecule has 0 saturated heterocycles. The fourth-order valence-corrected chi connectivity index (χ4v) is 1.24. The molecule has 0 aliphatic carbocycles. The number of hydrogen-bond acceptors (Lipinski definition) is 5. The van der Waals surface area contributed by atoms with Crippen molar-refractivity contribution in [3.63, 3.8) is 0 Å². The van der Waals surface area contributed by atoms with E-state index in [0.29, 0.717) is 17.6 Å². The minimum Gasteiger partial charge on any atom is -0.394 e. The second kappa shape index (κ2) is 7.00. The minimum absolute atomic E-state index is 0.311. The largest absolute Gasteiger partial charge is 0.394 e. The Balaban J connectivity index is 2.10. The number of aromatic nitrogens is 2. The Morgan fingerprint density at radius 1 is 1.44 bits per heavy atom. The van der Waals surface area contributed by atoms with Crippen LogP contribution in [0.1, 0.15) is 26.7 Å². The third kappa shape index (κ3) is 4.93. The highest BCUT2D eigenvalue weighted by atomic mass is 16.5. The van der Waals surface area contributed by atoms with Crippen LogP contribution in [0.2, 0.25) is 0 Å². The Kier molecular flexibility index (Phi) is 5.56. The van der Waals surface area contributed by atoms with Crippen LogP contribution in [0.25, 0.3) is 0 Å². The summed E-state index contributed by atoms with van der Waals surface area (Å²) in [5.41, 5.74) is 6.27. The van der Waals surface area contributed by atoms with Crippen molar-refractivity contribution in [2.75, 3.05) is 24.2 Å². The van der Waals surface area contributed by atoms with Crippen LogP contribution in [0.3, 0.4) is 0 Å². The molecule has 1 rings (SSSR count). The van der Waals surface area contributed by atoms with E-state index < -0.39 is 0 Å². The van der Waals surface area contributed by atoms with Gasteiger partial charge in [-0.2, -0.15) is 0 Å². The molecule has 1 aromatic heterocycles. The standard InChI is InChI=1S/C11H20N4O/c1-9(2)16-6-4-3-5-14-11-10(12)7-13-8-15-11/h7-9H,3-6,12H2,1-2H3,(H,13,14,15). The predicted molar refractivity (Wildman–Crippen MR) is 65.3 cm³/mol. The zero-order chi connectivity index (χ0) is 11.8. The van der Waals surface area contributed by atoms with Crippen LogP contribution >= 0.6 is 0 Å². The molecule has 0 fully saturated rings. The van der Waals surface area contributed by atoms with Crippen LogP contribution in [-0.2, 0) is 4.74 Å². The molecular weight excluding hydrogens is 204 g/mol.